The third kappa shape index (κ3) is 5.11. The summed E-state index contributed by atoms with van der Waals surface area (Å²) in [5.41, 5.74) is 1.85. The van der Waals surface area contributed by atoms with E-state index in [1.165, 1.54) is 18.4 Å². The molecule has 0 spiro atoms. The van der Waals surface area contributed by atoms with Gasteiger partial charge in [0.25, 0.3) is 0 Å². The summed E-state index contributed by atoms with van der Waals surface area (Å²) in [5.74, 6) is 0.440. The molecule has 0 amide bonds. The van der Waals surface area contributed by atoms with E-state index in [9.17, 15) is 4.79 Å². The number of carbonyl (C=O) groups is 1. The topological polar surface area (TPSA) is 49.8 Å². The maximum Gasteiger partial charge on any atom is 0.338 e. The van der Waals surface area contributed by atoms with Gasteiger partial charge in [-0.3, -0.25) is 4.90 Å². The number of esters is 1. The molecule has 0 aromatic heterocycles. The van der Waals surface area contributed by atoms with E-state index in [-0.39, 0.29) is 5.97 Å². The molecule has 0 radical (unpaired) electrons. The number of hydrogen-bond acceptors (Lipinski definition) is 4. The third-order valence-corrected chi connectivity index (χ3v) is 4.28. The van der Waals surface area contributed by atoms with Crippen molar-refractivity contribution in [1.82, 2.24) is 4.90 Å². The van der Waals surface area contributed by atoms with Crippen LogP contribution in [0.5, 0.6) is 0 Å². The van der Waals surface area contributed by atoms with Gasteiger partial charge in [0, 0.05) is 13.2 Å². The molecule has 22 heavy (non-hydrogen) atoms. The number of rotatable bonds is 7. The summed E-state index contributed by atoms with van der Waals surface area (Å²) >= 11 is 0. The molecule has 1 aromatic rings. The van der Waals surface area contributed by atoms with Crippen molar-refractivity contribution in [2.75, 3.05) is 26.3 Å². The van der Waals surface area contributed by atoms with E-state index < -0.39 is 0 Å². The normalized spacial score (nSPS) is 16.6. The van der Waals surface area contributed by atoms with Crippen molar-refractivity contribution in [2.24, 2.45) is 5.92 Å². The van der Waals surface area contributed by atoms with Crippen LogP contribution in [0.25, 0.3) is 0 Å². The summed E-state index contributed by atoms with van der Waals surface area (Å²) in [4.78, 5) is 14.2. The van der Waals surface area contributed by atoms with Crippen LogP contribution in [-0.2, 0) is 11.3 Å². The average Bonchev–Trinajstić information content (AvgIpc) is 2.55. The molecule has 1 saturated heterocycles. The van der Waals surface area contributed by atoms with Gasteiger partial charge in [-0.05, 0) is 62.4 Å². The fourth-order valence-electron chi connectivity index (χ4n) is 2.90. The van der Waals surface area contributed by atoms with Crippen molar-refractivity contribution in [2.45, 2.75) is 39.2 Å². The Hall–Kier alpha value is -1.39. The van der Waals surface area contributed by atoms with Gasteiger partial charge in [-0.2, -0.15) is 0 Å². The average molecular weight is 305 g/mol. The molecule has 0 atom stereocenters. The highest BCUT2D eigenvalue weighted by Gasteiger charge is 2.18. The number of nitrogens with zero attached hydrogens (tertiary/aromatic N) is 1. The molecule has 122 valence electrons. The van der Waals surface area contributed by atoms with Crippen molar-refractivity contribution in [1.29, 1.82) is 0 Å². The highest BCUT2D eigenvalue weighted by Crippen LogP contribution is 2.21. The van der Waals surface area contributed by atoms with E-state index in [0.29, 0.717) is 24.7 Å². The van der Waals surface area contributed by atoms with Crippen molar-refractivity contribution < 1.29 is 14.6 Å². The van der Waals surface area contributed by atoms with Crippen molar-refractivity contribution >= 4 is 5.97 Å². The first-order valence-corrected chi connectivity index (χ1v) is 8.32. The number of ether oxygens (including phenoxy) is 1. The zero-order valence-corrected chi connectivity index (χ0v) is 13.5. The molecule has 1 aromatic carbocycles. The Labute approximate surface area is 133 Å². The number of aliphatic hydroxyl groups excluding tert-OH is 1. The van der Waals surface area contributed by atoms with Gasteiger partial charge in [0.1, 0.15) is 0 Å². The summed E-state index contributed by atoms with van der Waals surface area (Å²) in [6, 6.07) is 7.74. The molecular formula is C18H27NO3. The fraction of sp³-hybridized carbons (Fsp3) is 0.611. The Kier molecular flexibility index (Phi) is 6.87. The van der Waals surface area contributed by atoms with Gasteiger partial charge in [0.05, 0.1) is 12.2 Å². The van der Waals surface area contributed by atoms with Gasteiger partial charge in [-0.15, -0.1) is 0 Å². The highest BCUT2D eigenvalue weighted by atomic mass is 16.5. The van der Waals surface area contributed by atoms with Crippen LogP contribution < -0.4 is 0 Å². The molecule has 1 aliphatic rings. The predicted octanol–water partition coefficient (Wildman–Crippen LogP) is 2.85. The lowest BCUT2D eigenvalue weighted by molar-refractivity contribution is 0.0505. The van der Waals surface area contributed by atoms with Crippen molar-refractivity contribution in [3.8, 4) is 0 Å². The first kappa shape index (κ1) is 17.0. The Balaban J connectivity index is 1.80. The van der Waals surface area contributed by atoms with Crippen molar-refractivity contribution in [3.63, 3.8) is 0 Å². The van der Waals surface area contributed by atoms with Crippen molar-refractivity contribution in [3.05, 3.63) is 35.4 Å². The molecule has 1 aliphatic heterocycles. The molecular weight excluding hydrogens is 278 g/mol. The molecule has 1 fully saturated rings. The zero-order chi connectivity index (χ0) is 15.8. The van der Waals surface area contributed by atoms with Crippen LogP contribution in [0, 0.1) is 5.92 Å². The summed E-state index contributed by atoms with van der Waals surface area (Å²) in [6.07, 6.45) is 4.11. The van der Waals surface area contributed by atoms with Gasteiger partial charge in [-0.1, -0.05) is 19.1 Å². The lowest BCUT2D eigenvalue weighted by atomic mass is 9.93. The minimum Gasteiger partial charge on any atom is -0.462 e. The maximum absolute atomic E-state index is 11.7. The van der Waals surface area contributed by atoms with Gasteiger partial charge >= 0.3 is 5.97 Å². The van der Waals surface area contributed by atoms with Crippen LogP contribution in [0.2, 0.25) is 0 Å². The van der Waals surface area contributed by atoms with Crippen LogP contribution in [0.4, 0.5) is 0 Å². The van der Waals surface area contributed by atoms with E-state index in [0.717, 1.165) is 32.5 Å². The molecule has 0 bridgehead atoms. The monoisotopic (exact) mass is 305 g/mol. The second-order valence-corrected chi connectivity index (χ2v) is 6.06. The number of likely N-dealkylation sites (tertiary alicyclic amines) is 1. The van der Waals surface area contributed by atoms with E-state index in [2.05, 4.69) is 4.90 Å². The maximum atomic E-state index is 11.7. The lowest BCUT2D eigenvalue weighted by Crippen LogP contribution is -2.33. The molecule has 4 nitrogen and oxygen atoms in total. The second kappa shape index (κ2) is 8.91. The first-order valence-electron chi connectivity index (χ1n) is 8.32. The van der Waals surface area contributed by atoms with E-state index >= 15 is 0 Å². The van der Waals surface area contributed by atoms with E-state index in [1.54, 1.807) is 0 Å². The summed E-state index contributed by atoms with van der Waals surface area (Å²) in [5, 5.41) is 8.99. The number of piperidine rings is 1. The first-order chi connectivity index (χ1) is 10.7. The van der Waals surface area contributed by atoms with Gasteiger partial charge in [-0.25, -0.2) is 4.79 Å². The standard InChI is InChI=1S/C18H27NO3/c1-2-13-22-18(21)17-5-3-16(4-6-17)14-19-10-7-15(8-11-19)9-12-20/h3-6,15,20H,2,7-14H2,1H3. The smallest absolute Gasteiger partial charge is 0.338 e. The minimum atomic E-state index is -0.238. The highest BCUT2D eigenvalue weighted by molar-refractivity contribution is 5.89. The zero-order valence-electron chi connectivity index (χ0n) is 13.5. The van der Waals surface area contributed by atoms with Crippen LogP contribution in [0.1, 0.15) is 48.5 Å². The molecule has 0 saturated carbocycles. The molecule has 0 unspecified atom stereocenters. The van der Waals surface area contributed by atoms with Gasteiger partial charge in [0.15, 0.2) is 0 Å². The van der Waals surface area contributed by atoms with Gasteiger partial charge < -0.3 is 9.84 Å². The van der Waals surface area contributed by atoms with Crippen LogP contribution in [0.3, 0.4) is 0 Å². The second-order valence-electron chi connectivity index (χ2n) is 6.06. The number of carbonyl (C=O) groups excluding carboxylic acids is 1. The SMILES string of the molecule is CCCOC(=O)c1ccc(CN2CCC(CCO)CC2)cc1. The van der Waals surface area contributed by atoms with Gasteiger partial charge in [0.2, 0.25) is 0 Å². The largest absolute Gasteiger partial charge is 0.462 e. The lowest BCUT2D eigenvalue weighted by Gasteiger charge is -2.31. The molecule has 2 rings (SSSR count). The summed E-state index contributed by atoms with van der Waals surface area (Å²) < 4.78 is 5.13. The molecule has 0 aliphatic carbocycles. The fourth-order valence-corrected chi connectivity index (χ4v) is 2.90. The summed E-state index contributed by atoms with van der Waals surface area (Å²) in [6.45, 7) is 5.87. The minimum absolute atomic E-state index is 0.238. The Morgan fingerprint density at radius 2 is 1.95 bits per heavy atom. The summed E-state index contributed by atoms with van der Waals surface area (Å²) in [7, 11) is 0. The van der Waals surface area contributed by atoms with Crippen LogP contribution >= 0.6 is 0 Å². The Morgan fingerprint density at radius 1 is 1.27 bits per heavy atom. The van der Waals surface area contributed by atoms with Crippen LogP contribution in [-0.4, -0.2) is 42.3 Å². The number of aliphatic hydroxyl groups is 1. The third-order valence-electron chi connectivity index (χ3n) is 4.28. The number of benzene rings is 1. The predicted molar refractivity (Wildman–Crippen MR) is 86.7 cm³/mol. The van der Waals surface area contributed by atoms with E-state index in [4.69, 9.17) is 9.84 Å². The van der Waals surface area contributed by atoms with Crippen LogP contribution in [0.15, 0.2) is 24.3 Å². The van der Waals surface area contributed by atoms with E-state index in [1.807, 2.05) is 31.2 Å². The molecule has 1 heterocycles. The quantitative estimate of drug-likeness (QED) is 0.787. The number of hydrogen-bond donors (Lipinski definition) is 1. The molecule has 4 heteroatoms. The Bertz CT molecular complexity index is 450. The Morgan fingerprint density at radius 3 is 2.55 bits per heavy atom. The molecule has 1 N–H and O–H groups in total.